The number of benzene rings is 3. The summed E-state index contributed by atoms with van der Waals surface area (Å²) in [6.45, 7) is 4.47. The zero-order chi connectivity index (χ0) is 17.5. The predicted molar refractivity (Wildman–Crippen MR) is 110 cm³/mol. The molecule has 0 amide bonds. The van der Waals surface area contributed by atoms with E-state index in [1.54, 1.807) is 0 Å². The molecule has 0 saturated carbocycles. The third kappa shape index (κ3) is 4.60. The molecule has 3 aromatic rings. The van der Waals surface area contributed by atoms with Crippen molar-refractivity contribution >= 4 is 0 Å². The number of hydrogen-bond acceptors (Lipinski definition) is 0. The Kier molecular flexibility index (Phi) is 6.06. The van der Waals surface area contributed by atoms with Crippen LogP contribution in [0.15, 0.2) is 72.8 Å². The smallest absolute Gasteiger partial charge is 0.0184 e. The molecule has 0 spiro atoms. The van der Waals surface area contributed by atoms with Crippen molar-refractivity contribution < 1.29 is 0 Å². The van der Waals surface area contributed by atoms with Crippen LogP contribution in [0.3, 0.4) is 0 Å². The van der Waals surface area contributed by atoms with Gasteiger partial charge in [-0.3, -0.25) is 0 Å². The van der Waals surface area contributed by atoms with Crippen LogP contribution >= 0.6 is 0 Å². The van der Waals surface area contributed by atoms with Crippen molar-refractivity contribution in [1.82, 2.24) is 0 Å². The number of unbranched alkanes of at least 4 members (excludes halogenated alkanes) is 1. The fraction of sp³-hybridized carbons (Fsp3) is 0.280. The molecule has 0 heteroatoms. The average molecular weight is 328 g/mol. The molecule has 3 aromatic carbocycles. The maximum atomic E-state index is 2.27. The summed E-state index contributed by atoms with van der Waals surface area (Å²) >= 11 is 0. The van der Waals surface area contributed by atoms with Crippen molar-refractivity contribution in [2.24, 2.45) is 0 Å². The molecule has 0 radical (unpaired) electrons. The van der Waals surface area contributed by atoms with Gasteiger partial charge in [0.25, 0.3) is 0 Å². The highest BCUT2D eigenvalue weighted by molar-refractivity contribution is 5.70. The second kappa shape index (κ2) is 8.67. The van der Waals surface area contributed by atoms with Gasteiger partial charge in [-0.2, -0.15) is 0 Å². The lowest BCUT2D eigenvalue weighted by atomic mass is 9.98. The van der Waals surface area contributed by atoms with Crippen molar-refractivity contribution in [2.45, 2.75) is 46.0 Å². The SMILES string of the molecule is CCCCc1ccc(-c2ccc(-c3ccc(CCC)cc3)cc2)cc1. The Labute approximate surface area is 152 Å². The van der Waals surface area contributed by atoms with Crippen molar-refractivity contribution in [2.75, 3.05) is 0 Å². The standard InChI is InChI=1S/C25H28/c1-3-5-7-21-10-14-23(15-11-21)25-18-16-24(17-19-25)22-12-8-20(6-4-2)9-13-22/h8-19H,3-7H2,1-2H3. The predicted octanol–water partition coefficient (Wildman–Crippen LogP) is 7.32. The average Bonchev–Trinajstić information content (AvgIpc) is 2.68. The van der Waals surface area contributed by atoms with Gasteiger partial charge in [0, 0.05) is 0 Å². The summed E-state index contributed by atoms with van der Waals surface area (Å²) in [6.07, 6.45) is 6.07. The van der Waals surface area contributed by atoms with Gasteiger partial charge in [0.05, 0.1) is 0 Å². The first-order chi connectivity index (χ1) is 12.3. The third-order valence-electron chi connectivity index (χ3n) is 4.82. The monoisotopic (exact) mass is 328 g/mol. The van der Waals surface area contributed by atoms with Crippen molar-refractivity contribution in [3.05, 3.63) is 83.9 Å². The van der Waals surface area contributed by atoms with Gasteiger partial charge in [-0.25, -0.2) is 0 Å². The van der Waals surface area contributed by atoms with Gasteiger partial charge in [0.15, 0.2) is 0 Å². The van der Waals surface area contributed by atoms with Gasteiger partial charge in [0.2, 0.25) is 0 Å². The fourth-order valence-electron chi connectivity index (χ4n) is 3.25. The second-order valence-electron chi connectivity index (χ2n) is 6.82. The van der Waals surface area contributed by atoms with Crippen molar-refractivity contribution in [1.29, 1.82) is 0 Å². The molecule has 128 valence electrons. The highest BCUT2D eigenvalue weighted by atomic mass is 14.1. The summed E-state index contributed by atoms with van der Waals surface area (Å²) in [5.74, 6) is 0. The molecule has 0 bridgehead atoms. The first kappa shape index (κ1) is 17.5. The van der Waals surface area contributed by atoms with E-state index in [1.165, 1.54) is 59.1 Å². The van der Waals surface area contributed by atoms with E-state index >= 15 is 0 Å². The van der Waals surface area contributed by atoms with E-state index in [2.05, 4.69) is 86.6 Å². The quantitative estimate of drug-likeness (QED) is 0.426. The molecule has 0 unspecified atom stereocenters. The van der Waals surface area contributed by atoms with E-state index in [0.29, 0.717) is 0 Å². The van der Waals surface area contributed by atoms with E-state index in [0.717, 1.165) is 6.42 Å². The van der Waals surface area contributed by atoms with Crippen LogP contribution in [-0.2, 0) is 12.8 Å². The molecule has 0 aliphatic heterocycles. The Balaban J connectivity index is 1.73. The Morgan fingerprint density at radius 1 is 0.440 bits per heavy atom. The molecule has 0 nitrogen and oxygen atoms in total. The maximum absolute atomic E-state index is 2.27. The van der Waals surface area contributed by atoms with Gasteiger partial charge in [-0.1, -0.05) is 99.5 Å². The van der Waals surface area contributed by atoms with Crippen LogP contribution in [0.25, 0.3) is 22.3 Å². The number of aryl methyl sites for hydroxylation is 2. The van der Waals surface area contributed by atoms with Gasteiger partial charge in [0.1, 0.15) is 0 Å². The van der Waals surface area contributed by atoms with Crippen LogP contribution in [0.1, 0.15) is 44.2 Å². The Morgan fingerprint density at radius 2 is 0.800 bits per heavy atom. The maximum Gasteiger partial charge on any atom is -0.0184 e. The fourth-order valence-corrected chi connectivity index (χ4v) is 3.25. The van der Waals surface area contributed by atoms with E-state index in [9.17, 15) is 0 Å². The number of rotatable bonds is 7. The van der Waals surface area contributed by atoms with E-state index in [-0.39, 0.29) is 0 Å². The molecule has 0 saturated heterocycles. The Morgan fingerprint density at radius 3 is 1.16 bits per heavy atom. The molecule has 0 aliphatic carbocycles. The lowest BCUT2D eigenvalue weighted by molar-refractivity contribution is 0.795. The Hall–Kier alpha value is -2.34. The molecule has 3 rings (SSSR count). The van der Waals surface area contributed by atoms with Crippen LogP contribution in [0.4, 0.5) is 0 Å². The van der Waals surface area contributed by atoms with Crippen molar-refractivity contribution in [3.8, 4) is 22.3 Å². The van der Waals surface area contributed by atoms with E-state index in [4.69, 9.17) is 0 Å². The molecule has 0 atom stereocenters. The molecule has 0 N–H and O–H groups in total. The molecule has 0 fully saturated rings. The molecular formula is C25H28. The minimum atomic E-state index is 1.16. The highest BCUT2D eigenvalue weighted by Gasteiger charge is 2.01. The van der Waals surface area contributed by atoms with E-state index < -0.39 is 0 Å². The number of hydrogen-bond donors (Lipinski definition) is 0. The zero-order valence-electron chi connectivity index (χ0n) is 15.5. The topological polar surface area (TPSA) is 0 Å². The molecule has 0 aliphatic rings. The van der Waals surface area contributed by atoms with Gasteiger partial charge in [-0.05, 0) is 52.6 Å². The molecule has 0 aromatic heterocycles. The summed E-state index contributed by atoms with van der Waals surface area (Å²) in [6, 6.07) is 26.9. The second-order valence-corrected chi connectivity index (χ2v) is 6.82. The summed E-state index contributed by atoms with van der Waals surface area (Å²) in [4.78, 5) is 0. The molecule has 0 heterocycles. The van der Waals surface area contributed by atoms with Crippen LogP contribution in [0, 0.1) is 0 Å². The summed E-state index contributed by atoms with van der Waals surface area (Å²) < 4.78 is 0. The van der Waals surface area contributed by atoms with Crippen LogP contribution < -0.4 is 0 Å². The Bertz CT molecular complexity index is 762. The molecule has 25 heavy (non-hydrogen) atoms. The zero-order valence-corrected chi connectivity index (χ0v) is 15.5. The normalized spacial score (nSPS) is 10.8. The van der Waals surface area contributed by atoms with Crippen LogP contribution in [0.2, 0.25) is 0 Å². The minimum Gasteiger partial charge on any atom is -0.0654 e. The van der Waals surface area contributed by atoms with Crippen LogP contribution in [-0.4, -0.2) is 0 Å². The molecular weight excluding hydrogens is 300 g/mol. The first-order valence-corrected chi connectivity index (χ1v) is 9.59. The van der Waals surface area contributed by atoms with Gasteiger partial charge >= 0.3 is 0 Å². The van der Waals surface area contributed by atoms with Gasteiger partial charge in [-0.15, -0.1) is 0 Å². The van der Waals surface area contributed by atoms with Crippen molar-refractivity contribution in [3.63, 3.8) is 0 Å². The summed E-state index contributed by atoms with van der Waals surface area (Å²) in [7, 11) is 0. The third-order valence-corrected chi connectivity index (χ3v) is 4.82. The van der Waals surface area contributed by atoms with Gasteiger partial charge < -0.3 is 0 Å². The highest BCUT2D eigenvalue weighted by Crippen LogP contribution is 2.26. The minimum absolute atomic E-state index is 1.16. The summed E-state index contributed by atoms with van der Waals surface area (Å²) in [5.41, 5.74) is 8.02. The van der Waals surface area contributed by atoms with E-state index in [1.807, 2.05) is 0 Å². The first-order valence-electron chi connectivity index (χ1n) is 9.59. The lowest BCUT2D eigenvalue weighted by Gasteiger charge is -2.07. The lowest BCUT2D eigenvalue weighted by Crippen LogP contribution is -1.86. The van der Waals surface area contributed by atoms with Crippen LogP contribution in [0.5, 0.6) is 0 Å². The largest absolute Gasteiger partial charge is 0.0654 e. The summed E-state index contributed by atoms with van der Waals surface area (Å²) in [5, 5.41) is 0.